The molecule has 0 atom stereocenters. The van der Waals surface area contributed by atoms with Gasteiger partial charge in [0.1, 0.15) is 0 Å². The fourth-order valence-corrected chi connectivity index (χ4v) is 15.2. The molecule has 0 nitrogen and oxygen atoms in total. The van der Waals surface area contributed by atoms with Crippen LogP contribution in [0.2, 0.25) is 0 Å². The van der Waals surface area contributed by atoms with Gasteiger partial charge in [0, 0.05) is 5.41 Å². The van der Waals surface area contributed by atoms with Crippen molar-refractivity contribution in [3.63, 3.8) is 0 Å². The van der Waals surface area contributed by atoms with Gasteiger partial charge in [-0.1, -0.05) is 238 Å². The molecule has 11 rings (SSSR count). The standard InChI is InChI=1S/C59H44Si/c1-59(2)54-32-18-17-30-51(54)58-52(31-19-33-55(58)59)57-49-29-16-15-28-48(49)56(50-39-36-43(40-53(50)57)41-20-7-3-8-21-41)42-34-37-47(38-35-42)60(44-22-9-4-10-23-44,45-24-11-5-12-25-45)46-26-13-6-14-27-46/h3-40H,1-2H3. The second-order valence-electron chi connectivity index (χ2n) is 16.7. The first-order valence-corrected chi connectivity index (χ1v) is 23.1. The molecule has 1 heteroatoms. The smallest absolute Gasteiger partial charge is 0.0623 e. The van der Waals surface area contributed by atoms with E-state index in [0.29, 0.717) is 0 Å². The third-order valence-corrected chi connectivity index (χ3v) is 18.0. The summed E-state index contributed by atoms with van der Waals surface area (Å²) >= 11 is 0. The largest absolute Gasteiger partial charge is 0.179 e. The zero-order valence-corrected chi connectivity index (χ0v) is 34.9. The first-order chi connectivity index (χ1) is 29.5. The molecule has 1 aliphatic carbocycles. The number of hydrogen-bond acceptors (Lipinski definition) is 0. The predicted molar refractivity (Wildman–Crippen MR) is 259 cm³/mol. The topological polar surface area (TPSA) is 0 Å². The summed E-state index contributed by atoms with van der Waals surface area (Å²) in [7, 11) is -2.68. The fraction of sp³-hybridized carbons (Fsp3) is 0.0508. The molecule has 1 aliphatic rings. The quantitative estimate of drug-likeness (QED) is 0.0858. The van der Waals surface area contributed by atoms with Crippen LogP contribution in [0.25, 0.3) is 66.1 Å². The van der Waals surface area contributed by atoms with Crippen LogP contribution < -0.4 is 20.7 Å². The van der Waals surface area contributed by atoms with Crippen molar-refractivity contribution in [3.8, 4) is 44.5 Å². The molecule has 0 saturated heterocycles. The lowest BCUT2D eigenvalue weighted by Crippen LogP contribution is -2.74. The van der Waals surface area contributed by atoms with Gasteiger partial charge in [-0.25, -0.2) is 0 Å². The molecule has 0 radical (unpaired) electrons. The molecule has 0 heterocycles. The van der Waals surface area contributed by atoms with Crippen molar-refractivity contribution in [2.24, 2.45) is 0 Å². The summed E-state index contributed by atoms with van der Waals surface area (Å²) in [6.07, 6.45) is 0. The van der Waals surface area contributed by atoms with Crippen LogP contribution in [0.4, 0.5) is 0 Å². The van der Waals surface area contributed by atoms with E-state index in [0.717, 1.165) is 0 Å². The Hall–Kier alpha value is -7.06. The van der Waals surface area contributed by atoms with E-state index < -0.39 is 8.07 Å². The Kier molecular flexibility index (Phi) is 8.62. The van der Waals surface area contributed by atoms with Gasteiger partial charge in [-0.05, 0) is 104 Å². The van der Waals surface area contributed by atoms with Crippen molar-refractivity contribution in [2.75, 3.05) is 0 Å². The monoisotopic (exact) mass is 780 g/mol. The van der Waals surface area contributed by atoms with E-state index in [1.807, 2.05) is 0 Å². The fourth-order valence-electron chi connectivity index (χ4n) is 10.5. The lowest BCUT2D eigenvalue weighted by atomic mass is 9.80. The minimum Gasteiger partial charge on any atom is -0.0623 e. The summed E-state index contributed by atoms with van der Waals surface area (Å²) in [4.78, 5) is 0. The van der Waals surface area contributed by atoms with E-state index in [1.54, 1.807) is 0 Å². The SMILES string of the molecule is CC1(C)c2ccccc2-c2c(-c3c4ccccc4c(-c4ccc([Si](c5ccccc5)(c5ccccc5)c5ccccc5)cc4)c4ccc(-c5ccccc5)cc34)cccc21. The maximum absolute atomic E-state index is 2.68. The molecule has 0 fully saturated rings. The van der Waals surface area contributed by atoms with Gasteiger partial charge in [0.2, 0.25) is 0 Å². The molecule has 0 aromatic heterocycles. The van der Waals surface area contributed by atoms with Gasteiger partial charge >= 0.3 is 0 Å². The van der Waals surface area contributed by atoms with E-state index >= 15 is 0 Å². The van der Waals surface area contributed by atoms with Crippen LogP contribution >= 0.6 is 0 Å². The van der Waals surface area contributed by atoms with Gasteiger partial charge in [0.05, 0.1) is 0 Å². The van der Waals surface area contributed by atoms with E-state index in [1.165, 1.54) is 97.9 Å². The van der Waals surface area contributed by atoms with Crippen molar-refractivity contribution >= 4 is 50.4 Å². The van der Waals surface area contributed by atoms with Gasteiger partial charge in [0.25, 0.3) is 0 Å². The molecule has 0 N–H and O–H groups in total. The summed E-state index contributed by atoms with van der Waals surface area (Å²) in [5.74, 6) is 0. The summed E-state index contributed by atoms with van der Waals surface area (Å²) in [5.41, 5.74) is 12.9. The lowest BCUT2D eigenvalue weighted by molar-refractivity contribution is 0.660. The summed E-state index contributed by atoms with van der Waals surface area (Å²) in [6, 6.07) is 86.4. The Bertz CT molecular complexity index is 3090. The van der Waals surface area contributed by atoms with Crippen LogP contribution in [-0.4, -0.2) is 8.07 Å². The van der Waals surface area contributed by atoms with Crippen LogP contribution in [0, 0.1) is 0 Å². The second-order valence-corrected chi connectivity index (χ2v) is 20.6. The number of fused-ring (bicyclic) bond motifs is 5. The molecular weight excluding hydrogens is 737 g/mol. The van der Waals surface area contributed by atoms with Crippen LogP contribution in [0.3, 0.4) is 0 Å². The van der Waals surface area contributed by atoms with Crippen LogP contribution in [0.5, 0.6) is 0 Å². The van der Waals surface area contributed by atoms with Crippen LogP contribution in [0.1, 0.15) is 25.0 Å². The van der Waals surface area contributed by atoms with Crippen molar-refractivity contribution < 1.29 is 0 Å². The third-order valence-electron chi connectivity index (χ3n) is 13.2. The first-order valence-electron chi connectivity index (χ1n) is 21.1. The van der Waals surface area contributed by atoms with Gasteiger partial charge in [0.15, 0.2) is 8.07 Å². The van der Waals surface area contributed by atoms with Crippen LogP contribution in [-0.2, 0) is 5.41 Å². The zero-order chi connectivity index (χ0) is 40.3. The number of rotatable bonds is 7. The Morgan fingerprint density at radius 1 is 0.283 bits per heavy atom. The van der Waals surface area contributed by atoms with Crippen molar-refractivity contribution in [1.29, 1.82) is 0 Å². The molecule has 0 bridgehead atoms. The van der Waals surface area contributed by atoms with Gasteiger partial charge in [-0.3, -0.25) is 0 Å². The van der Waals surface area contributed by atoms with Crippen molar-refractivity contribution in [1.82, 2.24) is 0 Å². The first kappa shape index (κ1) is 36.0. The highest BCUT2D eigenvalue weighted by Gasteiger charge is 2.41. The number of benzene rings is 10. The second kappa shape index (κ2) is 14.3. The van der Waals surface area contributed by atoms with E-state index in [-0.39, 0.29) is 5.41 Å². The minimum atomic E-state index is -2.68. The Balaban J connectivity index is 1.19. The molecular formula is C59H44Si. The van der Waals surface area contributed by atoms with Crippen molar-refractivity contribution in [2.45, 2.75) is 19.3 Å². The Morgan fingerprint density at radius 3 is 1.35 bits per heavy atom. The highest BCUT2D eigenvalue weighted by molar-refractivity contribution is 7.19. The highest BCUT2D eigenvalue weighted by Crippen LogP contribution is 2.54. The van der Waals surface area contributed by atoms with Gasteiger partial charge in [-0.15, -0.1) is 0 Å². The third kappa shape index (κ3) is 5.50. The van der Waals surface area contributed by atoms with Gasteiger partial charge in [-0.2, -0.15) is 0 Å². The average Bonchev–Trinajstić information content (AvgIpc) is 3.56. The van der Waals surface area contributed by atoms with E-state index in [4.69, 9.17) is 0 Å². The molecule has 284 valence electrons. The zero-order valence-electron chi connectivity index (χ0n) is 33.9. The van der Waals surface area contributed by atoms with Gasteiger partial charge < -0.3 is 0 Å². The Morgan fingerprint density at radius 2 is 0.733 bits per heavy atom. The summed E-state index contributed by atoms with van der Waals surface area (Å²) in [5, 5.41) is 10.6. The maximum Gasteiger partial charge on any atom is 0.179 e. The molecule has 0 spiro atoms. The molecule has 0 amide bonds. The molecule has 0 aliphatic heterocycles. The highest BCUT2D eigenvalue weighted by atomic mass is 28.3. The van der Waals surface area contributed by atoms with Crippen LogP contribution in [0.15, 0.2) is 231 Å². The van der Waals surface area contributed by atoms with Crippen molar-refractivity contribution in [3.05, 3.63) is 242 Å². The normalized spacial score (nSPS) is 13.0. The molecule has 0 saturated carbocycles. The van der Waals surface area contributed by atoms with E-state index in [9.17, 15) is 0 Å². The number of hydrogen-bond donors (Lipinski definition) is 0. The molecule has 0 unspecified atom stereocenters. The summed E-state index contributed by atoms with van der Waals surface area (Å²) in [6.45, 7) is 4.76. The molecule has 10 aromatic carbocycles. The Labute approximate surface area is 354 Å². The molecule has 10 aromatic rings. The minimum absolute atomic E-state index is 0.0950. The van der Waals surface area contributed by atoms with E-state index in [2.05, 4.69) is 244 Å². The lowest BCUT2D eigenvalue weighted by Gasteiger charge is -2.34. The summed E-state index contributed by atoms with van der Waals surface area (Å²) < 4.78 is 0. The predicted octanol–water partition coefficient (Wildman–Crippen LogP) is 12.7. The molecule has 60 heavy (non-hydrogen) atoms. The average molecular weight is 781 g/mol. The maximum atomic E-state index is 2.45.